The molecule has 2 aromatic rings. The number of aryl methyl sites for hydroxylation is 1. The Kier molecular flexibility index (Phi) is 2.51. The standard InChI is InChI=1S/C12H13ClO/c1-3-9-10-6-4-5-7-11(10)14-12(9)8(2)13/h4-8H,3H2,1-2H3. The molecule has 0 saturated heterocycles. The van der Waals surface area contributed by atoms with Crippen LogP contribution in [-0.2, 0) is 6.42 Å². The van der Waals surface area contributed by atoms with E-state index in [4.69, 9.17) is 16.0 Å². The maximum atomic E-state index is 6.06. The molecule has 0 N–H and O–H groups in total. The number of furan rings is 1. The molecule has 1 aromatic heterocycles. The first kappa shape index (κ1) is 9.60. The van der Waals surface area contributed by atoms with Crippen LogP contribution in [-0.4, -0.2) is 0 Å². The number of fused-ring (bicyclic) bond motifs is 1. The van der Waals surface area contributed by atoms with Crippen LogP contribution in [0.4, 0.5) is 0 Å². The molecule has 0 aliphatic rings. The fourth-order valence-corrected chi connectivity index (χ4v) is 1.98. The number of hydrogen-bond donors (Lipinski definition) is 0. The summed E-state index contributed by atoms with van der Waals surface area (Å²) >= 11 is 6.06. The van der Waals surface area contributed by atoms with Crippen LogP contribution < -0.4 is 0 Å². The topological polar surface area (TPSA) is 13.1 Å². The van der Waals surface area contributed by atoms with Crippen molar-refractivity contribution in [3.63, 3.8) is 0 Å². The maximum absolute atomic E-state index is 6.06. The molecular formula is C12H13ClO. The van der Waals surface area contributed by atoms with Gasteiger partial charge in [-0.15, -0.1) is 11.6 Å². The fraction of sp³-hybridized carbons (Fsp3) is 0.333. The van der Waals surface area contributed by atoms with Gasteiger partial charge in [-0.25, -0.2) is 0 Å². The van der Waals surface area contributed by atoms with Gasteiger partial charge < -0.3 is 4.42 Å². The van der Waals surface area contributed by atoms with E-state index in [1.807, 2.05) is 25.1 Å². The average Bonchev–Trinajstić information content (AvgIpc) is 2.56. The highest BCUT2D eigenvalue weighted by Gasteiger charge is 2.15. The first-order valence-corrected chi connectivity index (χ1v) is 5.32. The van der Waals surface area contributed by atoms with E-state index in [2.05, 4.69) is 13.0 Å². The van der Waals surface area contributed by atoms with Crippen LogP contribution in [0.2, 0.25) is 0 Å². The fourth-order valence-electron chi connectivity index (χ4n) is 1.80. The van der Waals surface area contributed by atoms with E-state index < -0.39 is 0 Å². The highest BCUT2D eigenvalue weighted by Crippen LogP contribution is 2.32. The Morgan fingerprint density at radius 1 is 1.36 bits per heavy atom. The van der Waals surface area contributed by atoms with Crippen molar-refractivity contribution >= 4 is 22.6 Å². The van der Waals surface area contributed by atoms with Gasteiger partial charge in [-0.1, -0.05) is 25.1 Å². The summed E-state index contributed by atoms with van der Waals surface area (Å²) in [5.74, 6) is 0.912. The van der Waals surface area contributed by atoms with Crippen LogP contribution in [0.5, 0.6) is 0 Å². The van der Waals surface area contributed by atoms with Crippen LogP contribution in [0.1, 0.15) is 30.5 Å². The Morgan fingerprint density at radius 3 is 2.71 bits per heavy atom. The molecule has 0 fully saturated rings. The quantitative estimate of drug-likeness (QED) is 0.671. The van der Waals surface area contributed by atoms with E-state index in [0.29, 0.717) is 0 Å². The second-order valence-corrected chi connectivity index (χ2v) is 4.07. The number of hydrogen-bond acceptors (Lipinski definition) is 1. The van der Waals surface area contributed by atoms with Crippen molar-refractivity contribution in [2.75, 3.05) is 0 Å². The van der Waals surface area contributed by atoms with E-state index in [9.17, 15) is 0 Å². The summed E-state index contributed by atoms with van der Waals surface area (Å²) in [6, 6.07) is 8.07. The Hall–Kier alpha value is -0.950. The summed E-state index contributed by atoms with van der Waals surface area (Å²) in [6.45, 7) is 4.07. The zero-order chi connectivity index (χ0) is 10.1. The van der Waals surface area contributed by atoms with Gasteiger partial charge in [0.25, 0.3) is 0 Å². The monoisotopic (exact) mass is 208 g/mol. The van der Waals surface area contributed by atoms with E-state index >= 15 is 0 Å². The molecule has 2 rings (SSSR count). The van der Waals surface area contributed by atoms with Gasteiger partial charge >= 0.3 is 0 Å². The minimum atomic E-state index is -0.0580. The largest absolute Gasteiger partial charge is 0.459 e. The SMILES string of the molecule is CCc1c(C(C)Cl)oc2ccccc12. The number of alkyl halides is 1. The molecule has 14 heavy (non-hydrogen) atoms. The normalized spacial score (nSPS) is 13.4. The molecule has 1 unspecified atom stereocenters. The van der Waals surface area contributed by atoms with E-state index in [1.54, 1.807) is 0 Å². The van der Waals surface area contributed by atoms with Crippen molar-refractivity contribution in [2.45, 2.75) is 25.6 Å². The summed E-state index contributed by atoms with van der Waals surface area (Å²) in [6.07, 6.45) is 0.962. The molecular weight excluding hydrogens is 196 g/mol. The van der Waals surface area contributed by atoms with Crippen LogP contribution in [0.15, 0.2) is 28.7 Å². The summed E-state index contributed by atoms with van der Waals surface area (Å²) < 4.78 is 5.72. The molecule has 0 aliphatic heterocycles. The highest BCUT2D eigenvalue weighted by atomic mass is 35.5. The van der Waals surface area contributed by atoms with E-state index in [0.717, 1.165) is 17.8 Å². The molecule has 1 heterocycles. The van der Waals surface area contributed by atoms with Crippen LogP contribution >= 0.6 is 11.6 Å². The van der Waals surface area contributed by atoms with Crippen molar-refractivity contribution < 1.29 is 4.42 Å². The van der Waals surface area contributed by atoms with Gasteiger partial charge in [-0.2, -0.15) is 0 Å². The molecule has 0 aliphatic carbocycles. The van der Waals surface area contributed by atoms with Crippen molar-refractivity contribution in [3.05, 3.63) is 35.6 Å². The first-order chi connectivity index (χ1) is 6.74. The van der Waals surface area contributed by atoms with E-state index in [-0.39, 0.29) is 5.38 Å². The zero-order valence-electron chi connectivity index (χ0n) is 8.38. The average molecular weight is 209 g/mol. The minimum absolute atomic E-state index is 0.0580. The molecule has 0 radical (unpaired) electrons. The maximum Gasteiger partial charge on any atom is 0.134 e. The van der Waals surface area contributed by atoms with Gasteiger partial charge in [0.15, 0.2) is 0 Å². The molecule has 1 nitrogen and oxygen atoms in total. The van der Waals surface area contributed by atoms with Crippen LogP contribution in [0, 0.1) is 0 Å². The summed E-state index contributed by atoms with van der Waals surface area (Å²) in [7, 11) is 0. The molecule has 1 atom stereocenters. The van der Waals surface area contributed by atoms with Crippen LogP contribution in [0.25, 0.3) is 11.0 Å². The number of halogens is 1. The summed E-state index contributed by atoms with van der Waals surface area (Å²) in [5, 5.41) is 1.13. The third-order valence-electron chi connectivity index (χ3n) is 2.44. The number of benzene rings is 1. The molecule has 2 heteroatoms. The lowest BCUT2D eigenvalue weighted by atomic mass is 10.1. The predicted octanol–water partition coefficient (Wildman–Crippen LogP) is 4.30. The van der Waals surface area contributed by atoms with Crippen molar-refractivity contribution in [2.24, 2.45) is 0 Å². The number of para-hydroxylation sites is 1. The molecule has 74 valence electrons. The third kappa shape index (κ3) is 1.42. The second kappa shape index (κ2) is 3.66. The van der Waals surface area contributed by atoms with Crippen molar-refractivity contribution in [1.82, 2.24) is 0 Å². The van der Waals surface area contributed by atoms with Gasteiger partial charge in [0.05, 0.1) is 5.38 Å². The smallest absolute Gasteiger partial charge is 0.134 e. The van der Waals surface area contributed by atoms with Gasteiger partial charge in [0.2, 0.25) is 0 Å². The predicted molar refractivity (Wildman–Crippen MR) is 59.9 cm³/mol. The molecule has 0 spiro atoms. The van der Waals surface area contributed by atoms with Crippen LogP contribution in [0.3, 0.4) is 0 Å². The second-order valence-electron chi connectivity index (χ2n) is 3.41. The first-order valence-electron chi connectivity index (χ1n) is 4.88. The lowest BCUT2D eigenvalue weighted by molar-refractivity contribution is 0.544. The molecule has 1 aromatic carbocycles. The summed E-state index contributed by atoms with van der Waals surface area (Å²) in [5.41, 5.74) is 2.18. The van der Waals surface area contributed by atoms with Gasteiger partial charge in [0, 0.05) is 10.9 Å². The number of rotatable bonds is 2. The zero-order valence-corrected chi connectivity index (χ0v) is 9.14. The molecule has 0 amide bonds. The molecule has 0 bridgehead atoms. The van der Waals surface area contributed by atoms with E-state index in [1.165, 1.54) is 10.9 Å². The third-order valence-corrected chi connectivity index (χ3v) is 2.64. The van der Waals surface area contributed by atoms with Gasteiger partial charge in [-0.05, 0) is 19.4 Å². The lowest BCUT2D eigenvalue weighted by Crippen LogP contribution is -1.87. The van der Waals surface area contributed by atoms with Crippen molar-refractivity contribution in [3.8, 4) is 0 Å². The minimum Gasteiger partial charge on any atom is -0.459 e. The van der Waals surface area contributed by atoms with Crippen molar-refractivity contribution in [1.29, 1.82) is 0 Å². The Balaban J connectivity index is 2.72. The Bertz CT molecular complexity index is 443. The Morgan fingerprint density at radius 2 is 2.07 bits per heavy atom. The molecule has 0 saturated carbocycles. The Labute approximate surface area is 88.7 Å². The van der Waals surface area contributed by atoms with Gasteiger partial charge in [-0.3, -0.25) is 0 Å². The summed E-state index contributed by atoms with van der Waals surface area (Å²) in [4.78, 5) is 0. The highest BCUT2D eigenvalue weighted by molar-refractivity contribution is 6.20. The lowest BCUT2D eigenvalue weighted by Gasteiger charge is -2.00. The van der Waals surface area contributed by atoms with Gasteiger partial charge in [0.1, 0.15) is 11.3 Å².